The molecule has 0 saturated carbocycles. The normalized spacial score (nSPS) is 14.9. The summed E-state index contributed by atoms with van der Waals surface area (Å²) in [5, 5.41) is 4.46. The van der Waals surface area contributed by atoms with Gasteiger partial charge in [0.05, 0.1) is 12.3 Å². The number of hydrazone groups is 1. The topological polar surface area (TPSA) is 40.0 Å². The van der Waals surface area contributed by atoms with E-state index in [0.29, 0.717) is 0 Å². The van der Waals surface area contributed by atoms with Gasteiger partial charge < -0.3 is 4.90 Å². The van der Waals surface area contributed by atoms with Gasteiger partial charge in [0, 0.05) is 13.1 Å². The standard InChI is InChI=1S/C18H20N4/c1-15(17-10-6-3-7-11-17)20-21-18-19-12-13-22(18)14-16-8-4-2-5-9-16/h2-11H,12-14H2,1H3,(H,19,21)/b20-15+. The maximum atomic E-state index is 4.50. The predicted octanol–water partition coefficient (Wildman–Crippen LogP) is 2.87. The molecule has 4 heteroatoms. The van der Waals surface area contributed by atoms with Crippen molar-refractivity contribution in [1.29, 1.82) is 0 Å². The molecule has 22 heavy (non-hydrogen) atoms. The van der Waals surface area contributed by atoms with Crippen molar-refractivity contribution >= 4 is 11.7 Å². The molecule has 0 atom stereocenters. The molecule has 4 nitrogen and oxygen atoms in total. The maximum Gasteiger partial charge on any atom is 0.215 e. The van der Waals surface area contributed by atoms with Crippen molar-refractivity contribution < 1.29 is 0 Å². The molecule has 0 spiro atoms. The van der Waals surface area contributed by atoms with Gasteiger partial charge in [0.2, 0.25) is 5.96 Å². The number of hydrogen-bond acceptors (Lipinski definition) is 4. The van der Waals surface area contributed by atoms with Crippen LogP contribution in [-0.4, -0.2) is 29.7 Å². The highest BCUT2D eigenvalue weighted by Crippen LogP contribution is 2.08. The van der Waals surface area contributed by atoms with Crippen LogP contribution in [0.2, 0.25) is 0 Å². The highest BCUT2D eigenvalue weighted by atomic mass is 15.4. The van der Waals surface area contributed by atoms with Gasteiger partial charge in [0.25, 0.3) is 0 Å². The highest BCUT2D eigenvalue weighted by molar-refractivity contribution is 5.99. The van der Waals surface area contributed by atoms with Crippen LogP contribution in [0.4, 0.5) is 0 Å². The third kappa shape index (κ3) is 3.52. The molecule has 1 N–H and O–H groups in total. The van der Waals surface area contributed by atoms with E-state index in [9.17, 15) is 0 Å². The Morgan fingerprint density at radius 1 is 1.09 bits per heavy atom. The predicted molar refractivity (Wildman–Crippen MR) is 90.9 cm³/mol. The van der Waals surface area contributed by atoms with Crippen molar-refractivity contribution in [3.63, 3.8) is 0 Å². The van der Waals surface area contributed by atoms with E-state index >= 15 is 0 Å². The minimum atomic E-state index is 0.815. The fourth-order valence-corrected chi connectivity index (χ4v) is 2.42. The summed E-state index contributed by atoms with van der Waals surface area (Å²) in [5.74, 6) is 0.846. The van der Waals surface area contributed by atoms with Crippen molar-refractivity contribution in [2.45, 2.75) is 13.5 Å². The van der Waals surface area contributed by atoms with Crippen LogP contribution in [0.5, 0.6) is 0 Å². The van der Waals surface area contributed by atoms with Gasteiger partial charge in [0.15, 0.2) is 0 Å². The van der Waals surface area contributed by atoms with Crippen molar-refractivity contribution in [3.05, 3.63) is 71.8 Å². The average molecular weight is 292 g/mol. The van der Waals surface area contributed by atoms with Crippen LogP contribution in [0.15, 0.2) is 70.8 Å². The van der Waals surface area contributed by atoms with Gasteiger partial charge in [-0.1, -0.05) is 60.7 Å². The Hall–Kier alpha value is -2.62. The molecule has 2 aromatic rings. The van der Waals surface area contributed by atoms with E-state index in [-0.39, 0.29) is 0 Å². The molecule has 3 rings (SSSR count). The zero-order chi connectivity index (χ0) is 15.2. The minimum Gasteiger partial charge on any atom is -0.335 e. The lowest BCUT2D eigenvalue weighted by Crippen LogP contribution is -2.35. The number of nitrogens with zero attached hydrogens (tertiary/aromatic N) is 3. The number of benzene rings is 2. The molecule has 1 heterocycles. The lowest BCUT2D eigenvalue weighted by molar-refractivity contribution is 0.438. The smallest absolute Gasteiger partial charge is 0.215 e. The fraction of sp³-hybridized carbons (Fsp3) is 0.222. The summed E-state index contributed by atoms with van der Waals surface area (Å²) < 4.78 is 0. The van der Waals surface area contributed by atoms with Gasteiger partial charge in [-0.05, 0) is 18.1 Å². The van der Waals surface area contributed by atoms with E-state index in [4.69, 9.17) is 0 Å². The van der Waals surface area contributed by atoms with E-state index < -0.39 is 0 Å². The lowest BCUT2D eigenvalue weighted by Gasteiger charge is -2.19. The molecule has 0 aromatic heterocycles. The van der Waals surface area contributed by atoms with E-state index in [0.717, 1.165) is 36.9 Å². The molecule has 0 radical (unpaired) electrons. The molecule has 2 aromatic carbocycles. The largest absolute Gasteiger partial charge is 0.335 e. The van der Waals surface area contributed by atoms with Crippen LogP contribution in [0, 0.1) is 0 Å². The average Bonchev–Trinajstić information content (AvgIpc) is 3.01. The summed E-state index contributed by atoms with van der Waals surface area (Å²) in [4.78, 5) is 6.72. The Kier molecular flexibility index (Phi) is 4.49. The number of aliphatic imine (C=N–C) groups is 1. The Bertz CT molecular complexity index is 662. The second kappa shape index (κ2) is 6.89. The van der Waals surface area contributed by atoms with Crippen molar-refractivity contribution in [1.82, 2.24) is 10.3 Å². The summed E-state index contributed by atoms with van der Waals surface area (Å²) in [5.41, 5.74) is 6.46. The third-order valence-electron chi connectivity index (χ3n) is 3.66. The quantitative estimate of drug-likeness (QED) is 0.695. The molecule has 0 saturated heterocycles. The first-order chi connectivity index (χ1) is 10.8. The van der Waals surface area contributed by atoms with E-state index in [1.54, 1.807) is 0 Å². The van der Waals surface area contributed by atoms with Gasteiger partial charge in [0.1, 0.15) is 0 Å². The molecule has 0 bridgehead atoms. The van der Waals surface area contributed by atoms with E-state index in [1.807, 2.05) is 31.2 Å². The van der Waals surface area contributed by atoms with Crippen LogP contribution in [0.25, 0.3) is 0 Å². The van der Waals surface area contributed by atoms with Crippen LogP contribution in [-0.2, 0) is 6.54 Å². The van der Waals surface area contributed by atoms with Crippen LogP contribution in [0.1, 0.15) is 18.1 Å². The Balaban J connectivity index is 1.64. The van der Waals surface area contributed by atoms with Crippen molar-refractivity contribution in [2.24, 2.45) is 10.1 Å². The second-order valence-electron chi connectivity index (χ2n) is 5.29. The van der Waals surface area contributed by atoms with Gasteiger partial charge in [-0.3, -0.25) is 0 Å². The van der Waals surface area contributed by atoms with Crippen molar-refractivity contribution in [2.75, 3.05) is 13.1 Å². The number of nitrogens with one attached hydrogen (secondary N) is 1. The molecule has 0 unspecified atom stereocenters. The molecule has 1 aliphatic heterocycles. The molecule has 1 aliphatic rings. The first kappa shape index (κ1) is 14.3. The fourth-order valence-electron chi connectivity index (χ4n) is 2.42. The minimum absolute atomic E-state index is 0.815. The first-order valence-electron chi connectivity index (χ1n) is 7.52. The SMILES string of the molecule is C/C(=N\NC1=NCCN1Cc1ccccc1)c1ccccc1. The van der Waals surface area contributed by atoms with Crippen LogP contribution >= 0.6 is 0 Å². The van der Waals surface area contributed by atoms with Gasteiger partial charge in [-0.2, -0.15) is 5.10 Å². The Morgan fingerprint density at radius 2 is 1.77 bits per heavy atom. The van der Waals surface area contributed by atoms with Gasteiger partial charge in [-0.25, -0.2) is 10.4 Å². The highest BCUT2D eigenvalue weighted by Gasteiger charge is 2.16. The Morgan fingerprint density at radius 3 is 2.50 bits per heavy atom. The number of hydrogen-bond donors (Lipinski definition) is 1. The van der Waals surface area contributed by atoms with Gasteiger partial charge in [-0.15, -0.1) is 0 Å². The monoisotopic (exact) mass is 292 g/mol. The summed E-state index contributed by atoms with van der Waals surface area (Å²) in [6.07, 6.45) is 0. The van der Waals surface area contributed by atoms with Crippen molar-refractivity contribution in [3.8, 4) is 0 Å². The lowest BCUT2D eigenvalue weighted by atomic mass is 10.1. The summed E-state index contributed by atoms with van der Waals surface area (Å²) in [6, 6.07) is 20.6. The number of rotatable bonds is 4. The zero-order valence-corrected chi connectivity index (χ0v) is 12.7. The number of guanidine groups is 1. The molecular formula is C18H20N4. The Labute approximate surface area is 131 Å². The molecule has 112 valence electrons. The molecule has 0 fully saturated rings. The summed E-state index contributed by atoms with van der Waals surface area (Å²) in [7, 11) is 0. The zero-order valence-electron chi connectivity index (χ0n) is 12.7. The van der Waals surface area contributed by atoms with E-state index in [2.05, 4.69) is 56.8 Å². The third-order valence-corrected chi connectivity index (χ3v) is 3.66. The van der Waals surface area contributed by atoms with Crippen LogP contribution < -0.4 is 5.43 Å². The first-order valence-corrected chi connectivity index (χ1v) is 7.52. The summed E-state index contributed by atoms with van der Waals surface area (Å²) in [6.45, 7) is 4.60. The van der Waals surface area contributed by atoms with E-state index in [1.165, 1.54) is 5.56 Å². The van der Waals surface area contributed by atoms with Gasteiger partial charge >= 0.3 is 0 Å². The second-order valence-corrected chi connectivity index (χ2v) is 5.29. The van der Waals surface area contributed by atoms with Crippen LogP contribution in [0.3, 0.4) is 0 Å². The summed E-state index contributed by atoms with van der Waals surface area (Å²) >= 11 is 0. The molecule has 0 aliphatic carbocycles. The maximum absolute atomic E-state index is 4.50. The molecule has 0 amide bonds. The molecular weight excluding hydrogens is 272 g/mol.